The SMILES string of the molecule is COc1cc2nc(C)nc(N[C@H](C)c3cccc(C(F)(F)F)c3)c2cc1P1(=O)CCN(Cc2ccccc2)CC1. The maximum absolute atomic E-state index is 14.3. The van der Waals surface area contributed by atoms with Crippen LogP contribution in [0.15, 0.2) is 66.7 Å². The number of methoxy groups -OCH3 is 1. The molecule has 0 aliphatic carbocycles. The van der Waals surface area contributed by atoms with Crippen LogP contribution < -0.4 is 15.4 Å². The van der Waals surface area contributed by atoms with Crippen molar-refractivity contribution in [3.63, 3.8) is 0 Å². The lowest BCUT2D eigenvalue weighted by Gasteiger charge is -2.33. The molecule has 1 aliphatic rings. The number of hydrogen-bond donors (Lipinski definition) is 1. The molecule has 0 bridgehead atoms. The van der Waals surface area contributed by atoms with E-state index in [0.29, 0.717) is 64.6 Å². The third-order valence-electron chi connectivity index (χ3n) is 7.42. The zero-order valence-electron chi connectivity index (χ0n) is 22.7. The summed E-state index contributed by atoms with van der Waals surface area (Å²) in [5.41, 5.74) is 1.61. The summed E-state index contributed by atoms with van der Waals surface area (Å²) in [4.78, 5) is 11.5. The van der Waals surface area contributed by atoms with Crippen LogP contribution in [-0.4, -0.2) is 47.4 Å². The molecule has 210 valence electrons. The fourth-order valence-corrected chi connectivity index (χ4v) is 8.04. The van der Waals surface area contributed by atoms with Crippen LogP contribution in [0.5, 0.6) is 5.75 Å². The third-order valence-corrected chi connectivity index (χ3v) is 10.5. The molecular weight excluding hydrogens is 536 g/mol. The van der Waals surface area contributed by atoms with Gasteiger partial charge >= 0.3 is 6.18 Å². The largest absolute Gasteiger partial charge is 0.496 e. The molecule has 1 aliphatic heterocycles. The second-order valence-corrected chi connectivity index (χ2v) is 13.4. The molecule has 0 amide bonds. The van der Waals surface area contributed by atoms with E-state index in [-0.39, 0.29) is 0 Å². The molecule has 1 N–H and O–H groups in total. The van der Waals surface area contributed by atoms with Gasteiger partial charge in [-0.1, -0.05) is 42.5 Å². The van der Waals surface area contributed by atoms with Gasteiger partial charge in [0.1, 0.15) is 24.5 Å². The van der Waals surface area contributed by atoms with Crippen LogP contribution in [0, 0.1) is 6.92 Å². The first-order valence-corrected chi connectivity index (χ1v) is 15.3. The summed E-state index contributed by atoms with van der Waals surface area (Å²) in [6.07, 6.45) is -3.38. The first-order chi connectivity index (χ1) is 19.1. The molecule has 1 atom stereocenters. The van der Waals surface area contributed by atoms with Crippen molar-refractivity contribution in [2.45, 2.75) is 32.6 Å². The van der Waals surface area contributed by atoms with E-state index in [9.17, 15) is 17.7 Å². The van der Waals surface area contributed by atoms with Crippen molar-refractivity contribution in [3.8, 4) is 5.75 Å². The molecule has 4 aromatic rings. The van der Waals surface area contributed by atoms with Crippen molar-refractivity contribution < 1.29 is 22.5 Å². The molecular formula is C30H32F3N4O2P. The topological polar surface area (TPSA) is 67.4 Å². The molecule has 1 saturated heterocycles. The summed E-state index contributed by atoms with van der Waals surface area (Å²) in [6.45, 7) is 5.76. The Kier molecular flexibility index (Phi) is 7.89. The van der Waals surface area contributed by atoms with Gasteiger partial charge in [-0.3, -0.25) is 4.90 Å². The zero-order valence-corrected chi connectivity index (χ0v) is 23.6. The third kappa shape index (κ3) is 6.01. The Balaban J connectivity index is 1.45. The molecule has 0 saturated carbocycles. The summed E-state index contributed by atoms with van der Waals surface area (Å²) < 4.78 is 59.9. The fourth-order valence-electron chi connectivity index (χ4n) is 5.20. The number of aryl methyl sites for hydroxylation is 1. The first-order valence-electron chi connectivity index (χ1n) is 13.2. The second-order valence-electron chi connectivity index (χ2n) is 10.2. The number of nitrogens with one attached hydrogen (secondary N) is 1. The van der Waals surface area contributed by atoms with Gasteiger partial charge in [0.25, 0.3) is 0 Å². The van der Waals surface area contributed by atoms with E-state index in [1.165, 1.54) is 11.6 Å². The highest BCUT2D eigenvalue weighted by Gasteiger charge is 2.34. The summed E-state index contributed by atoms with van der Waals surface area (Å²) in [5, 5.41) is 4.59. The zero-order chi connectivity index (χ0) is 28.5. The van der Waals surface area contributed by atoms with Gasteiger partial charge in [-0.15, -0.1) is 0 Å². The Bertz CT molecular complexity index is 1550. The van der Waals surface area contributed by atoms with Crippen molar-refractivity contribution in [2.24, 2.45) is 0 Å². The number of aromatic nitrogens is 2. The van der Waals surface area contributed by atoms with Crippen LogP contribution in [0.3, 0.4) is 0 Å². The molecule has 3 aromatic carbocycles. The molecule has 2 heterocycles. The number of halogens is 3. The molecule has 5 rings (SSSR count). The number of nitrogens with zero attached hydrogens (tertiary/aromatic N) is 3. The maximum atomic E-state index is 14.3. The molecule has 10 heteroatoms. The van der Waals surface area contributed by atoms with E-state index in [1.54, 1.807) is 33.1 Å². The number of fused-ring (bicyclic) bond motifs is 1. The van der Waals surface area contributed by atoms with E-state index < -0.39 is 24.9 Å². The van der Waals surface area contributed by atoms with Crippen LogP contribution in [0.25, 0.3) is 10.9 Å². The Hall–Kier alpha value is -3.42. The van der Waals surface area contributed by atoms with Gasteiger partial charge in [0, 0.05) is 49.5 Å². The van der Waals surface area contributed by atoms with Gasteiger partial charge in [0.05, 0.1) is 23.5 Å². The van der Waals surface area contributed by atoms with Crippen LogP contribution in [0.1, 0.15) is 35.5 Å². The van der Waals surface area contributed by atoms with E-state index in [0.717, 1.165) is 18.7 Å². The Morgan fingerprint density at radius 3 is 2.42 bits per heavy atom. The Labute approximate surface area is 232 Å². The van der Waals surface area contributed by atoms with Crippen LogP contribution in [-0.2, 0) is 17.3 Å². The number of benzene rings is 3. The van der Waals surface area contributed by atoms with Gasteiger partial charge < -0.3 is 14.6 Å². The molecule has 1 aromatic heterocycles. The van der Waals surface area contributed by atoms with E-state index in [4.69, 9.17) is 4.74 Å². The molecule has 40 heavy (non-hydrogen) atoms. The Morgan fingerprint density at radius 2 is 1.75 bits per heavy atom. The summed E-state index contributed by atoms with van der Waals surface area (Å²) >= 11 is 0. The van der Waals surface area contributed by atoms with Crippen molar-refractivity contribution >= 4 is 29.2 Å². The van der Waals surface area contributed by atoms with Gasteiger partial charge in [-0.25, -0.2) is 9.97 Å². The Morgan fingerprint density at radius 1 is 1.02 bits per heavy atom. The molecule has 6 nitrogen and oxygen atoms in total. The normalized spacial score (nSPS) is 16.6. The maximum Gasteiger partial charge on any atom is 0.416 e. The second kappa shape index (κ2) is 11.2. The van der Waals surface area contributed by atoms with Gasteiger partial charge in [-0.05, 0) is 43.2 Å². The van der Waals surface area contributed by atoms with E-state index >= 15 is 0 Å². The highest BCUT2D eigenvalue weighted by atomic mass is 31.2. The smallest absolute Gasteiger partial charge is 0.416 e. The molecule has 0 unspecified atom stereocenters. The number of ether oxygens (including phenoxy) is 1. The minimum atomic E-state index is -4.43. The highest BCUT2D eigenvalue weighted by Crippen LogP contribution is 2.49. The monoisotopic (exact) mass is 568 g/mol. The summed E-state index contributed by atoms with van der Waals surface area (Å²) in [6, 6.07) is 18.6. The predicted molar refractivity (Wildman–Crippen MR) is 153 cm³/mol. The molecule has 1 fully saturated rings. The van der Waals surface area contributed by atoms with Crippen LogP contribution >= 0.6 is 7.14 Å². The van der Waals surface area contributed by atoms with Crippen molar-refractivity contribution in [1.29, 1.82) is 0 Å². The lowest BCUT2D eigenvalue weighted by Crippen LogP contribution is -2.36. The molecule has 0 spiro atoms. The van der Waals surface area contributed by atoms with Gasteiger partial charge in [0.15, 0.2) is 0 Å². The van der Waals surface area contributed by atoms with Gasteiger partial charge in [0.2, 0.25) is 0 Å². The predicted octanol–water partition coefficient (Wildman–Crippen LogP) is 6.64. The van der Waals surface area contributed by atoms with Crippen LogP contribution in [0.2, 0.25) is 0 Å². The minimum Gasteiger partial charge on any atom is -0.496 e. The number of rotatable bonds is 7. The quantitative estimate of drug-likeness (QED) is 0.252. The van der Waals surface area contributed by atoms with Crippen LogP contribution in [0.4, 0.5) is 19.0 Å². The summed E-state index contributed by atoms with van der Waals surface area (Å²) in [5.74, 6) is 1.51. The van der Waals surface area contributed by atoms with Crippen molar-refractivity contribution in [2.75, 3.05) is 37.8 Å². The first kappa shape index (κ1) is 28.1. The van der Waals surface area contributed by atoms with Crippen molar-refractivity contribution in [1.82, 2.24) is 14.9 Å². The minimum absolute atomic E-state index is 0.470. The number of anilines is 1. The number of hydrogen-bond acceptors (Lipinski definition) is 6. The number of alkyl halides is 3. The lowest BCUT2D eigenvalue weighted by molar-refractivity contribution is -0.137. The van der Waals surface area contributed by atoms with E-state index in [1.807, 2.05) is 24.3 Å². The average Bonchev–Trinajstić information content (AvgIpc) is 2.94. The highest BCUT2D eigenvalue weighted by molar-refractivity contribution is 7.72. The fraction of sp³-hybridized carbons (Fsp3) is 0.333. The summed E-state index contributed by atoms with van der Waals surface area (Å²) in [7, 11) is -1.23. The van der Waals surface area contributed by atoms with E-state index in [2.05, 4.69) is 32.3 Å². The van der Waals surface area contributed by atoms with Gasteiger partial charge in [-0.2, -0.15) is 13.2 Å². The lowest BCUT2D eigenvalue weighted by atomic mass is 10.0. The van der Waals surface area contributed by atoms with Crippen molar-refractivity contribution in [3.05, 3.63) is 89.2 Å². The molecule has 0 radical (unpaired) electrons. The standard InChI is InChI=1S/C30H32F3N4O2P/c1-20(23-10-7-11-24(16-23)30(31,32)33)34-29-25-17-28(27(39-3)18-26(25)35-21(2)36-29)40(38)14-12-37(13-15-40)19-22-8-5-4-6-9-22/h4-11,16-18,20H,12-15,19H2,1-3H3,(H,34,35,36)/t20-/m1/s1. The average molecular weight is 569 g/mol.